The number of nitriles is 1. The van der Waals surface area contributed by atoms with Gasteiger partial charge in [0.25, 0.3) is 5.91 Å². The van der Waals surface area contributed by atoms with Crippen molar-refractivity contribution >= 4 is 17.3 Å². The van der Waals surface area contributed by atoms with Gasteiger partial charge in [0.2, 0.25) is 0 Å². The number of β-amino-alcohol motifs (C(OH)–C–C–N with tert-alkyl or cyclic N) is 1. The molecule has 2 N–H and O–H groups in total. The van der Waals surface area contributed by atoms with Crippen molar-refractivity contribution in [3.05, 3.63) is 58.9 Å². The second-order valence-electron chi connectivity index (χ2n) is 6.70. The van der Waals surface area contributed by atoms with Crippen molar-refractivity contribution in [1.82, 2.24) is 0 Å². The Bertz CT molecular complexity index is 969. The summed E-state index contributed by atoms with van der Waals surface area (Å²) >= 11 is 0. The minimum Gasteiger partial charge on any atom is -0.381 e. The first-order valence-corrected chi connectivity index (χ1v) is 8.82. The summed E-state index contributed by atoms with van der Waals surface area (Å²) in [4.78, 5) is 14.0. The molecule has 2 aromatic carbocycles. The number of amides is 1. The van der Waals surface area contributed by atoms with Gasteiger partial charge in [-0.1, -0.05) is 0 Å². The van der Waals surface area contributed by atoms with Gasteiger partial charge in [-0.15, -0.1) is 0 Å². The van der Waals surface area contributed by atoms with Gasteiger partial charge in [-0.05, 0) is 54.8 Å². The molecule has 0 radical (unpaired) electrons. The van der Waals surface area contributed by atoms with Gasteiger partial charge < -0.3 is 15.3 Å². The van der Waals surface area contributed by atoms with E-state index in [9.17, 15) is 27.5 Å². The molecule has 1 aliphatic heterocycles. The molecule has 0 aromatic heterocycles. The molecule has 3 rings (SSSR count). The van der Waals surface area contributed by atoms with Crippen LogP contribution in [0, 0.1) is 17.1 Å². The highest BCUT2D eigenvalue weighted by atomic mass is 19.4. The normalized spacial score (nSPS) is 14.7. The number of halogens is 4. The van der Waals surface area contributed by atoms with Crippen LogP contribution in [0.25, 0.3) is 0 Å². The Morgan fingerprint density at radius 3 is 2.72 bits per heavy atom. The number of aliphatic hydroxyl groups excluding tert-OH is 1. The van der Waals surface area contributed by atoms with Crippen molar-refractivity contribution in [2.75, 3.05) is 23.3 Å². The maximum atomic E-state index is 13.4. The highest BCUT2D eigenvalue weighted by Crippen LogP contribution is 2.33. The van der Waals surface area contributed by atoms with Gasteiger partial charge in [-0.2, -0.15) is 18.4 Å². The average molecular weight is 407 g/mol. The third kappa shape index (κ3) is 4.66. The van der Waals surface area contributed by atoms with Crippen molar-refractivity contribution in [2.24, 2.45) is 0 Å². The van der Waals surface area contributed by atoms with E-state index in [1.807, 2.05) is 0 Å². The molecule has 0 aliphatic carbocycles. The lowest BCUT2D eigenvalue weighted by molar-refractivity contribution is -0.137. The van der Waals surface area contributed by atoms with Crippen LogP contribution in [0.4, 0.5) is 28.9 Å². The number of benzene rings is 2. The molecule has 0 unspecified atom stereocenters. The van der Waals surface area contributed by atoms with Crippen molar-refractivity contribution in [2.45, 2.75) is 25.1 Å². The van der Waals surface area contributed by atoms with Gasteiger partial charge in [0.15, 0.2) is 6.10 Å². The van der Waals surface area contributed by atoms with E-state index in [1.165, 1.54) is 18.2 Å². The number of carbonyl (C=O) groups is 1. The standard InChI is InChI=1S/C20H17F4N3O2/c21-14-4-6-17-12(8-14)2-1-7-27(17)11-18(28)19(29)26-15-5-3-13(10-25)16(9-15)20(22,23)24/h3-6,8-9,18,28H,1-2,7,11H2,(H,26,29)/t18-/m0/s1. The molecule has 9 heteroatoms. The second kappa shape index (κ2) is 8.09. The fourth-order valence-electron chi connectivity index (χ4n) is 3.30. The van der Waals surface area contributed by atoms with Gasteiger partial charge in [-0.3, -0.25) is 4.79 Å². The zero-order chi connectivity index (χ0) is 21.2. The van der Waals surface area contributed by atoms with E-state index in [0.29, 0.717) is 24.7 Å². The van der Waals surface area contributed by atoms with Crippen LogP contribution in [0.1, 0.15) is 23.1 Å². The first-order valence-electron chi connectivity index (χ1n) is 8.82. The van der Waals surface area contributed by atoms with E-state index < -0.39 is 29.3 Å². The zero-order valence-electron chi connectivity index (χ0n) is 15.1. The summed E-state index contributed by atoms with van der Waals surface area (Å²) in [6.45, 7) is 0.463. The lowest BCUT2D eigenvalue weighted by Crippen LogP contribution is -2.42. The Balaban J connectivity index is 1.72. The van der Waals surface area contributed by atoms with E-state index in [0.717, 1.165) is 24.1 Å². The number of hydrogen-bond donors (Lipinski definition) is 2. The van der Waals surface area contributed by atoms with Crippen LogP contribution in [-0.4, -0.2) is 30.2 Å². The van der Waals surface area contributed by atoms with Gasteiger partial charge in [0.05, 0.1) is 23.7 Å². The molecule has 0 fully saturated rings. The Morgan fingerprint density at radius 2 is 2.03 bits per heavy atom. The molecular weight excluding hydrogens is 390 g/mol. The minimum absolute atomic E-state index is 0.0904. The molecule has 0 spiro atoms. The Hall–Kier alpha value is -3.12. The maximum absolute atomic E-state index is 13.4. The first kappa shape index (κ1) is 20.6. The maximum Gasteiger partial charge on any atom is 0.417 e. The number of fused-ring (bicyclic) bond motifs is 1. The molecule has 1 heterocycles. The van der Waals surface area contributed by atoms with E-state index in [1.54, 1.807) is 11.0 Å². The fraction of sp³-hybridized carbons (Fsp3) is 0.300. The van der Waals surface area contributed by atoms with Crippen LogP contribution >= 0.6 is 0 Å². The number of carbonyl (C=O) groups excluding carboxylic acids is 1. The molecule has 0 bridgehead atoms. The predicted octanol–water partition coefficient (Wildman–Crippen LogP) is 3.47. The third-order valence-electron chi connectivity index (χ3n) is 4.67. The molecule has 29 heavy (non-hydrogen) atoms. The molecule has 0 saturated carbocycles. The van der Waals surface area contributed by atoms with Crippen molar-refractivity contribution < 1.29 is 27.5 Å². The first-order chi connectivity index (χ1) is 13.7. The Labute approximate surface area is 164 Å². The molecule has 0 saturated heterocycles. The highest BCUT2D eigenvalue weighted by molar-refractivity contribution is 5.94. The fourth-order valence-corrected chi connectivity index (χ4v) is 3.30. The summed E-state index contributed by atoms with van der Waals surface area (Å²) in [5.74, 6) is -1.25. The summed E-state index contributed by atoms with van der Waals surface area (Å²) < 4.78 is 52.5. The number of nitrogens with zero attached hydrogens (tertiary/aromatic N) is 2. The van der Waals surface area contributed by atoms with Crippen molar-refractivity contribution in [3.63, 3.8) is 0 Å². The Morgan fingerprint density at radius 1 is 1.28 bits per heavy atom. The van der Waals surface area contributed by atoms with Gasteiger partial charge in [-0.25, -0.2) is 4.39 Å². The smallest absolute Gasteiger partial charge is 0.381 e. The van der Waals surface area contributed by atoms with Crippen molar-refractivity contribution in [1.29, 1.82) is 5.26 Å². The van der Waals surface area contributed by atoms with Crippen LogP contribution in [0.5, 0.6) is 0 Å². The van der Waals surface area contributed by atoms with Crippen LogP contribution in [0.15, 0.2) is 36.4 Å². The van der Waals surface area contributed by atoms with E-state index in [2.05, 4.69) is 5.32 Å². The number of anilines is 2. The molecule has 1 aliphatic rings. The van der Waals surface area contributed by atoms with Crippen LogP contribution in [0.3, 0.4) is 0 Å². The van der Waals surface area contributed by atoms with E-state index in [4.69, 9.17) is 5.26 Å². The molecule has 1 amide bonds. The summed E-state index contributed by atoms with van der Waals surface area (Å²) in [7, 11) is 0. The number of aliphatic hydroxyl groups is 1. The largest absolute Gasteiger partial charge is 0.417 e. The SMILES string of the molecule is N#Cc1ccc(NC(=O)[C@@H](O)CN2CCCc3cc(F)ccc32)cc1C(F)(F)F. The molecule has 5 nitrogen and oxygen atoms in total. The molecule has 2 aromatic rings. The van der Waals surface area contributed by atoms with Gasteiger partial charge in [0.1, 0.15) is 5.82 Å². The quantitative estimate of drug-likeness (QED) is 0.761. The second-order valence-corrected chi connectivity index (χ2v) is 6.70. The van der Waals surface area contributed by atoms with E-state index in [-0.39, 0.29) is 18.0 Å². The number of hydrogen-bond acceptors (Lipinski definition) is 4. The zero-order valence-corrected chi connectivity index (χ0v) is 15.1. The topological polar surface area (TPSA) is 76.4 Å². The average Bonchev–Trinajstić information content (AvgIpc) is 2.67. The number of nitrogens with one attached hydrogen (secondary N) is 1. The minimum atomic E-state index is -4.75. The number of aryl methyl sites for hydroxylation is 1. The summed E-state index contributed by atoms with van der Waals surface area (Å²) in [5.41, 5.74) is -0.429. The Kier molecular flexibility index (Phi) is 5.75. The summed E-state index contributed by atoms with van der Waals surface area (Å²) in [6, 6.07) is 8.51. The predicted molar refractivity (Wildman–Crippen MR) is 97.7 cm³/mol. The molecule has 1 atom stereocenters. The molecule has 152 valence electrons. The van der Waals surface area contributed by atoms with Crippen LogP contribution in [0.2, 0.25) is 0 Å². The lowest BCUT2D eigenvalue weighted by atomic mass is 10.0. The number of rotatable bonds is 4. The van der Waals surface area contributed by atoms with Gasteiger partial charge >= 0.3 is 6.18 Å². The van der Waals surface area contributed by atoms with Crippen molar-refractivity contribution in [3.8, 4) is 6.07 Å². The monoisotopic (exact) mass is 407 g/mol. The van der Waals surface area contributed by atoms with Crippen LogP contribution in [-0.2, 0) is 17.4 Å². The van der Waals surface area contributed by atoms with Crippen LogP contribution < -0.4 is 10.2 Å². The third-order valence-corrected chi connectivity index (χ3v) is 4.67. The summed E-state index contributed by atoms with van der Waals surface area (Å²) in [6.07, 6.45) is -4.87. The molecular formula is C20H17F4N3O2. The lowest BCUT2D eigenvalue weighted by Gasteiger charge is -2.32. The summed E-state index contributed by atoms with van der Waals surface area (Å²) in [5, 5.41) is 21.3. The number of alkyl halides is 3. The highest BCUT2D eigenvalue weighted by Gasteiger charge is 2.34. The van der Waals surface area contributed by atoms with E-state index >= 15 is 0 Å². The van der Waals surface area contributed by atoms with Gasteiger partial charge in [0, 0.05) is 17.9 Å².